The standard InChI is InChI=1S/C16H12F3N5O/c1-9(12-8-10-4-2-3-5-11(10)25-12)20-13-6-7-14-21-22-15(16(17,18)19)24(14)23-13/h2-9H,1H3,(H,20,23)/t9-/m1/s1. The number of nitrogens with one attached hydrogen (secondary N) is 1. The molecule has 4 aromatic rings. The summed E-state index contributed by atoms with van der Waals surface area (Å²) in [5.74, 6) is -0.254. The lowest BCUT2D eigenvalue weighted by molar-refractivity contribution is -0.146. The molecule has 25 heavy (non-hydrogen) atoms. The maximum atomic E-state index is 12.9. The highest BCUT2D eigenvalue weighted by molar-refractivity contribution is 5.77. The second-order valence-corrected chi connectivity index (χ2v) is 5.56. The largest absolute Gasteiger partial charge is 0.459 e. The van der Waals surface area contributed by atoms with Gasteiger partial charge in [0.25, 0.3) is 5.82 Å². The molecule has 3 aromatic heterocycles. The number of nitrogens with zero attached hydrogens (tertiary/aromatic N) is 4. The Morgan fingerprint density at radius 1 is 1.12 bits per heavy atom. The molecule has 0 spiro atoms. The average Bonchev–Trinajstić information content (AvgIpc) is 3.17. The van der Waals surface area contributed by atoms with Crippen LogP contribution in [0.4, 0.5) is 19.0 Å². The van der Waals surface area contributed by atoms with Crippen LogP contribution in [0.2, 0.25) is 0 Å². The molecule has 4 rings (SSSR count). The molecule has 0 saturated carbocycles. The molecule has 0 aliphatic heterocycles. The third kappa shape index (κ3) is 2.77. The number of rotatable bonds is 3. The summed E-state index contributed by atoms with van der Waals surface area (Å²) in [4.78, 5) is 0. The van der Waals surface area contributed by atoms with Crippen molar-refractivity contribution < 1.29 is 17.6 Å². The van der Waals surface area contributed by atoms with Crippen LogP contribution < -0.4 is 5.32 Å². The minimum absolute atomic E-state index is 0.0225. The Hall–Kier alpha value is -3.10. The van der Waals surface area contributed by atoms with Crippen LogP contribution in [0, 0.1) is 0 Å². The van der Waals surface area contributed by atoms with E-state index in [9.17, 15) is 13.2 Å². The van der Waals surface area contributed by atoms with Gasteiger partial charge in [-0.25, -0.2) is 0 Å². The summed E-state index contributed by atoms with van der Waals surface area (Å²) in [5.41, 5.74) is 0.766. The fraction of sp³-hybridized carbons (Fsp3) is 0.188. The smallest absolute Gasteiger partial charge is 0.453 e. The summed E-state index contributed by atoms with van der Waals surface area (Å²) < 4.78 is 45.2. The maximum absolute atomic E-state index is 12.9. The molecule has 0 aliphatic carbocycles. The lowest BCUT2D eigenvalue weighted by atomic mass is 10.2. The van der Waals surface area contributed by atoms with Crippen molar-refractivity contribution in [2.75, 3.05) is 5.32 Å². The predicted molar refractivity (Wildman–Crippen MR) is 84.0 cm³/mol. The van der Waals surface area contributed by atoms with E-state index in [1.54, 1.807) is 6.07 Å². The Morgan fingerprint density at radius 3 is 2.68 bits per heavy atom. The molecule has 0 aliphatic rings. The normalized spacial score (nSPS) is 13.4. The van der Waals surface area contributed by atoms with Gasteiger partial charge in [0.05, 0.1) is 6.04 Å². The zero-order valence-corrected chi connectivity index (χ0v) is 12.9. The number of para-hydroxylation sites is 1. The van der Waals surface area contributed by atoms with E-state index in [2.05, 4.69) is 20.6 Å². The van der Waals surface area contributed by atoms with Gasteiger partial charge in [-0.05, 0) is 31.2 Å². The van der Waals surface area contributed by atoms with Crippen LogP contribution in [0.25, 0.3) is 16.6 Å². The minimum Gasteiger partial charge on any atom is -0.459 e. The molecule has 1 aromatic carbocycles. The van der Waals surface area contributed by atoms with Gasteiger partial charge in [0.2, 0.25) is 0 Å². The third-order valence-corrected chi connectivity index (χ3v) is 3.75. The molecule has 9 heteroatoms. The van der Waals surface area contributed by atoms with Crippen LogP contribution in [0.1, 0.15) is 24.6 Å². The number of fused-ring (bicyclic) bond motifs is 2. The molecular formula is C16H12F3N5O. The van der Waals surface area contributed by atoms with Crippen molar-refractivity contribution in [1.29, 1.82) is 0 Å². The number of alkyl halides is 3. The highest BCUT2D eigenvalue weighted by Crippen LogP contribution is 2.29. The van der Waals surface area contributed by atoms with Crippen molar-refractivity contribution in [3.05, 3.63) is 54.0 Å². The summed E-state index contributed by atoms with van der Waals surface area (Å²) in [7, 11) is 0. The number of anilines is 1. The van der Waals surface area contributed by atoms with Gasteiger partial charge in [0.1, 0.15) is 17.2 Å². The number of benzene rings is 1. The molecule has 1 N–H and O–H groups in total. The molecule has 3 heterocycles. The first-order valence-corrected chi connectivity index (χ1v) is 7.46. The van der Waals surface area contributed by atoms with Gasteiger partial charge in [-0.1, -0.05) is 18.2 Å². The van der Waals surface area contributed by atoms with Gasteiger partial charge >= 0.3 is 6.18 Å². The van der Waals surface area contributed by atoms with E-state index >= 15 is 0 Å². The summed E-state index contributed by atoms with van der Waals surface area (Å²) >= 11 is 0. The highest BCUT2D eigenvalue weighted by Gasteiger charge is 2.37. The SMILES string of the molecule is C[C@@H](Nc1ccc2nnc(C(F)(F)F)n2n1)c1cc2ccccc2o1. The topological polar surface area (TPSA) is 68.2 Å². The number of hydrogen-bond donors (Lipinski definition) is 1. The van der Waals surface area contributed by atoms with Gasteiger partial charge in [-0.3, -0.25) is 0 Å². The number of hydrogen-bond acceptors (Lipinski definition) is 5. The van der Waals surface area contributed by atoms with E-state index in [4.69, 9.17) is 4.42 Å². The maximum Gasteiger partial charge on any atom is 0.453 e. The molecule has 0 radical (unpaired) electrons. The molecule has 0 unspecified atom stereocenters. The molecular weight excluding hydrogens is 335 g/mol. The highest BCUT2D eigenvalue weighted by atomic mass is 19.4. The average molecular weight is 347 g/mol. The summed E-state index contributed by atoms with van der Waals surface area (Å²) in [5, 5.41) is 14.6. The molecule has 6 nitrogen and oxygen atoms in total. The molecule has 1 atom stereocenters. The fourth-order valence-corrected chi connectivity index (χ4v) is 2.55. The Bertz CT molecular complexity index is 1020. The van der Waals surface area contributed by atoms with Crippen molar-refractivity contribution in [2.24, 2.45) is 0 Å². The monoisotopic (exact) mass is 347 g/mol. The third-order valence-electron chi connectivity index (χ3n) is 3.75. The minimum atomic E-state index is -4.63. The molecule has 0 bridgehead atoms. The zero-order chi connectivity index (χ0) is 17.6. The lowest BCUT2D eigenvalue weighted by Gasteiger charge is -2.12. The first-order chi connectivity index (χ1) is 11.9. The first kappa shape index (κ1) is 15.4. The first-order valence-electron chi connectivity index (χ1n) is 7.46. The van der Waals surface area contributed by atoms with Gasteiger partial charge in [-0.15, -0.1) is 15.3 Å². The number of furan rings is 1. The summed E-state index contributed by atoms with van der Waals surface area (Å²) in [6.45, 7) is 1.83. The van der Waals surface area contributed by atoms with Gasteiger partial charge in [-0.2, -0.15) is 17.7 Å². The molecule has 0 saturated heterocycles. The molecule has 128 valence electrons. The van der Waals surface area contributed by atoms with E-state index in [1.165, 1.54) is 6.07 Å². The van der Waals surface area contributed by atoms with Crippen LogP contribution in [0.15, 0.2) is 46.9 Å². The summed E-state index contributed by atoms with van der Waals surface area (Å²) in [6, 6.07) is 12.1. The van der Waals surface area contributed by atoms with Crippen LogP contribution in [0.3, 0.4) is 0 Å². The van der Waals surface area contributed by atoms with Gasteiger partial charge in [0, 0.05) is 5.39 Å². The number of aromatic nitrogens is 4. The van der Waals surface area contributed by atoms with Gasteiger partial charge < -0.3 is 9.73 Å². The zero-order valence-electron chi connectivity index (χ0n) is 12.9. The van der Waals surface area contributed by atoms with E-state index in [-0.39, 0.29) is 17.5 Å². The fourth-order valence-electron chi connectivity index (χ4n) is 2.55. The summed E-state index contributed by atoms with van der Waals surface area (Å²) in [6.07, 6.45) is -4.63. The van der Waals surface area contributed by atoms with E-state index in [1.807, 2.05) is 37.3 Å². The Morgan fingerprint density at radius 2 is 1.92 bits per heavy atom. The molecule has 0 amide bonds. The quantitative estimate of drug-likeness (QED) is 0.605. The molecule has 0 fully saturated rings. The van der Waals surface area contributed by atoms with Crippen molar-refractivity contribution in [2.45, 2.75) is 19.1 Å². The van der Waals surface area contributed by atoms with Crippen molar-refractivity contribution in [3.63, 3.8) is 0 Å². The number of halogens is 3. The second kappa shape index (κ2) is 5.47. The van der Waals surface area contributed by atoms with Crippen molar-refractivity contribution in [1.82, 2.24) is 19.8 Å². The Balaban J connectivity index is 1.65. The van der Waals surface area contributed by atoms with E-state index in [0.29, 0.717) is 10.3 Å². The predicted octanol–water partition coefficient (Wildman–Crippen LogP) is 4.06. The van der Waals surface area contributed by atoms with Gasteiger partial charge in [0.15, 0.2) is 5.65 Å². The lowest BCUT2D eigenvalue weighted by Crippen LogP contribution is -2.14. The van der Waals surface area contributed by atoms with Crippen LogP contribution >= 0.6 is 0 Å². The van der Waals surface area contributed by atoms with Crippen molar-refractivity contribution >= 4 is 22.4 Å². The van der Waals surface area contributed by atoms with Crippen LogP contribution in [-0.4, -0.2) is 19.8 Å². The Kier molecular flexibility index (Phi) is 3.38. The Labute approximate surface area is 139 Å². The van der Waals surface area contributed by atoms with Crippen LogP contribution in [0.5, 0.6) is 0 Å². The van der Waals surface area contributed by atoms with Crippen LogP contribution in [-0.2, 0) is 6.18 Å². The second-order valence-electron chi connectivity index (χ2n) is 5.56. The van der Waals surface area contributed by atoms with E-state index < -0.39 is 12.0 Å². The van der Waals surface area contributed by atoms with E-state index in [0.717, 1.165) is 11.0 Å². The van der Waals surface area contributed by atoms with Crippen molar-refractivity contribution in [3.8, 4) is 0 Å².